The van der Waals surface area contributed by atoms with Crippen LogP contribution in [-0.4, -0.2) is 42.8 Å². The fourth-order valence-corrected chi connectivity index (χ4v) is 6.58. The van der Waals surface area contributed by atoms with E-state index in [0.29, 0.717) is 4.88 Å². The number of hydrogen-bond acceptors (Lipinski definition) is 8. The van der Waals surface area contributed by atoms with Gasteiger partial charge in [-0.15, -0.1) is 11.3 Å². The molecule has 11 heteroatoms. The molecule has 1 aliphatic rings. The molecule has 0 aliphatic heterocycles. The van der Waals surface area contributed by atoms with Gasteiger partial charge in [-0.3, -0.25) is 4.79 Å². The number of carbonyl (C=O) groups is 2. The van der Waals surface area contributed by atoms with Crippen molar-refractivity contribution >= 4 is 33.3 Å². The highest BCUT2D eigenvalue weighted by molar-refractivity contribution is 7.91. The molecule has 3 atom stereocenters. The van der Waals surface area contributed by atoms with Crippen molar-refractivity contribution < 1.29 is 32.4 Å². The molecule has 168 valence electrons. The quantitative estimate of drug-likeness (QED) is 0.473. The van der Waals surface area contributed by atoms with Crippen molar-refractivity contribution in [1.82, 2.24) is 9.88 Å². The summed E-state index contributed by atoms with van der Waals surface area (Å²) in [4.78, 5) is 24.3. The number of thiophene rings is 1. The molecule has 2 N–H and O–H groups in total. The van der Waals surface area contributed by atoms with Crippen molar-refractivity contribution in [2.75, 3.05) is 6.61 Å². The van der Waals surface area contributed by atoms with E-state index < -0.39 is 39.3 Å². The van der Waals surface area contributed by atoms with E-state index in [-0.39, 0.29) is 22.3 Å². The summed E-state index contributed by atoms with van der Waals surface area (Å²) < 4.78 is 38.3. The first kappa shape index (κ1) is 22.2. The van der Waals surface area contributed by atoms with Crippen LogP contribution < -0.4 is 4.72 Å². The molecule has 1 unspecified atom stereocenters. The number of carbonyl (C=O) groups excluding carboxylic acids is 1. The maximum atomic E-state index is 13.1. The molecule has 3 aromatic rings. The lowest BCUT2D eigenvalue weighted by Gasteiger charge is -2.15. The summed E-state index contributed by atoms with van der Waals surface area (Å²) in [5.74, 6) is -2.91. The van der Waals surface area contributed by atoms with Crippen LogP contribution in [-0.2, 0) is 19.6 Å². The van der Waals surface area contributed by atoms with Crippen molar-refractivity contribution in [3.8, 4) is 10.6 Å². The molecule has 2 aromatic heterocycles. The van der Waals surface area contributed by atoms with Gasteiger partial charge in [-0.25, -0.2) is 13.2 Å². The topological polar surface area (TPSA) is 136 Å². The SMILES string of the molecule is CCOC(=O)c1cc(-c2ccc(S(=O)(=O)N[C@@]3(C(=O)O)C(C)[C@H]3c3ccccc3)s2)no1. The van der Waals surface area contributed by atoms with E-state index in [2.05, 4.69) is 9.88 Å². The molecular formula is C21H20N2O7S2. The van der Waals surface area contributed by atoms with E-state index in [4.69, 9.17) is 9.26 Å². The fraction of sp³-hybridized carbons (Fsp3) is 0.286. The van der Waals surface area contributed by atoms with E-state index in [1.165, 1.54) is 18.2 Å². The van der Waals surface area contributed by atoms with E-state index in [1.807, 2.05) is 6.07 Å². The van der Waals surface area contributed by atoms with Crippen LogP contribution in [0.2, 0.25) is 0 Å². The summed E-state index contributed by atoms with van der Waals surface area (Å²) >= 11 is 0.892. The minimum absolute atomic E-state index is 0.0697. The van der Waals surface area contributed by atoms with Gasteiger partial charge in [0.15, 0.2) is 0 Å². The van der Waals surface area contributed by atoms with E-state index in [1.54, 1.807) is 38.1 Å². The van der Waals surface area contributed by atoms with Gasteiger partial charge < -0.3 is 14.4 Å². The summed E-state index contributed by atoms with van der Waals surface area (Å²) in [5, 5.41) is 13.7. The van der Waals surface area contributed by atoms with Crippen LogP contribution in [0.5, 0.6) is 0 Å². The number of esters is 1. The van der Waals surface area contributed by atoms with Gasteiger partial charge in [0.05, 0.1) is 11.5 Å². The monoisotopic (exact) mass is 476 g/mol. The van der Waals surface area contributed by atoms with Crippen molar-refractivity contribution in [3.63, 3.8) is 0 Å². The van der Waals surface area contributed by atoms with Gasteiger partial charge in [0, 0.05) is 12.0 Å². The molecule has 32 heavy (non-hydrogen) atoms. The number of nitrogens with zero attached hydrogens (tertiary/aromatic N) is 1. The first-order chi connectivity index (χ1) is 15.2. The fourth-order valence-electron chi connectivity index (χ4n) is 3.87. The zero-order chi connectivity index (χ0) is 23.1. The summed E-state index contributed by atoms with van der Waals surface area (Å²) in [5.41, 5.74) is -0.601. The second kappa shape index (κ2) is 8.15. The summed E-state index contributed by atoms with van der Waals surface area (Å²) in [6, 6.07) is 13.2. The molecule has 0 bridgehead atoms. The molecular weight excluding hydrogens is 456 g/mol. The molecule has 2 heterocycles. The molecule has 1 fully saturated rings. The van der Waals surface area contributed by atoms with Gasteiger partial charge in [0.1, 0.15) is 15.4 Å². The van der Waals surface area contributed by atoms with Gasteiger partial charge in [0.25, 0.3) is 10.0 Å². The molecule has 4 rings (SSSR count). The maximum Gasteiger partial charge on any atom is 0.377 e. The zero-order valence-corrected chi connectivity index (χ0v) is 18.8. The molecule has 1 saturated carbocycles. The van der Waals surface area contributed by atoms with Crippen molar-refractivity contribution in [1.29, 1.82) is 0 Å². The molecule has 1 aromatic carbocycles. The highest BCUT2D eigenvalue weighted by atomic mass is 32.2. The van der Waals surface area contributed by atoms with Crippen LogP contribution in [0.4, 0.5) is 0 Å². The Morgan fingerprint density at radius 1 is 1.25 bits per heavy atom. The minimum Gasteiger partial charge on any atom is -0.480 e. The largest absolute Gasteiger partial charge is 0.480 e. The average Bonchev–Trinajstić information content (AvgIpc) is 3.20. The number of benzene rings is 1. The van der Waals surface area contributed by atoms with Gasteiger partial charge in [-0.2, -0.15) is 4.72 Å². The summed E-state index contributed by atoms with van der Waals surface area (Å²) in [6.45, 7) is 3.54. The highest BCUT2D eigenvalue weighted by Gasteiger charge is 2.70. The van der Waals surface area contributed by atoms with Gasteiger partial charge >= 0.3 is 11.9 Å². The molecule has 0 saturated heterocycles. The van der Waals surface area contributed by atoms with Crippen LogP contribution in [0.25, 0.3) is 10.6 Å². The molecule has 1 aliphatic carbocycles. The van der Waals surface area contributed by atoms with Crippen molar-refractivity contribution in [2.45, 2.75) is 29.5 Å². The first-order valence-electron chi connectivity index (χ1n) is 9.77. The number of sulfonamides is 1. The Bertz CT molecular complexity index is 1270. The maximum absolute atomic E-state index is 13.1. The van der Waals surface area contributed by atoms with Crippen LogP contribution in [0.15, 0.2) is 57.3 Å². The average molecular weight is 477 g/mol. The van der Waals surface area contributed by atoms with Crippen molar-refractivity contribution in [2.24, 2.45) is 5.92 Å². The van der Waals surface area contributed by atoms with Crippen LogP contribution in [0, 0.1) is 5.92 Å². The number of aromatic nitrogens is 1. The third kappa shape index (κ3) is 3.72. The molecule has 0 radical (unpaired) electrons. The highest BCUT2D eigenvalue weighted by Crippen LogP contribution is 2.58. The van der Waals surface area contributed by atoms with Gasteiger partial charge in [0.2, 0.25) is 5.76 Å². The van der Waals surface area contributed by atoms with Crippen LogP contribution in [0.3, 0.4) is 0 Å². The number of rotatable bonds is 8. The lowest BCUT2D eigenvalue weighted by molar-refractivity contribution is -0.140. The second-order valence-electron chi connectivity index (χ2n) is 7.37. The molecule has 9 nitrogen and oxygen atoms in total. The zero-order valence-electron chi connectivity index (χ0n) is 17.1. The summed E-state index contributed by atoms with van der Waals surface area (Å²) in [6.07, 6.45) is 0. The predicted octanol–water partition coefficient (Wildman–Crippen LogP) is 3.12. The minimum atomic E-state index is -4.14. The van der Waals surface area contributed by atoms with Crippen LogP contribution >= 0.6 is 11.3 Å². The Balaban J connectivity index is 1.59. The van der Waals surface area contributed by atoms with Gasteiger partial charge in [-0.05, 0) is 30.5 Å². The van der Waals surface area contributed by atoms with E-state index in [0.717, 1.165) is 16.9 Å². The number of carboxylic acids is 1. The third-order valence-electron chi connectivity index (χ3n) is 5.50. The Labute approximate surface area is 188 Å². The molecule has 0 amide bonds. The number of carboxylic acid groups (broad SMARTS) is 1. The Morgan fingerprint density at radius 2 is 1.97 bits per heavy atom. The van der Waals surface area contributed by atoms with Crippen molar-refractivity contribution in [3.05, 3.63) is 59.9 Å². The lowest BCUT2D eigenvalue weighted by atomic mass is 10.1. The van der Waals surface area contributed by atoms with E-state index >= 15 is 0 Å². The second-order valence-corrected chi connectivity index (χ2v) is 10.4. The van der Waals surface area contributed by atoms with Crippen LogP contribution in [0.1, 0.15) is 35.9 Å². The number of ether oxygens (including phenoxy) is 1. The predicted molar refractivity (Wildman–Crippen MR) is 115 cm³/mol. The Morgan fingerprint density at radius 3 is 2.62 bits per heavy atom. The number of nitrogens with one attached hydrogen (secondary N) is 1. The van der Waals surface area contributed by atoms with E-state index in [9.17, 15) is 23.1 Å². The first-order valence-corrected chi connectivity index (χ1v) is 12.1. The number of aliphatic carboxylic acids is 1. The number of hydrogen-bond donors (Lipinski definition) is 2. The van der Waals surface area contributed by atoms with Gasteiger partial charge in [-0.1, -0.05) is 42.4 Å². The standard InChI is InChI=1S/C21H20N2O7S2/c1-3-29-19(24)15-11-14(22-30-15)16-9-10-17(31-16)32(27,28)23-21(20(25)26)12(2)18(21)13-7-5-4-6-8-13/h4-12,18,23H,3H2,1-2H3,(H,25,26)/t12?,18-,21-/m0/s1. The Kier molecular flexibility index (Phi) is 5.65. The third-order valence-corrected chi connectivity index (χ3v) is 8.58. The smallest absolute Gasteiger partial charge is 0.377 e. The summed E-state index contributed by atoms with van der Waals surface area (Å²) in [7, 11) is -4.14. The normalized spacial score (nSPS) is 22.4. The lowest BCUT2D eigenvalue weighted by Crippen LogP contribution is -2.45. The Hall–Kier alpha value is -3.02. The molecule has 0 spiro atoms.